The second-order valence-electron chi connectivity index (χ2n) is 9.30. The average Bonchev–Trinajstić information content (AvgIpc) is 2.85. The average molecular weight is 457 g/mol. The molecule has 3 heterocycles. The fourth-order valence-electron chi connectivity index (χ4n) is 4.48. The molecule has 7 heteroatoms. The summed E-state index contributed by atoms with van der Waals surface area (Å²) < 4.78 is 5.41. The van der Waals surface area contributed by atoms with Gasteiger partial charge in [-0.1, -0.05) is 18.2 Å². The first-order valence-electron chi connectivity index (χ1n) is 11.5. The van der Waals surface area contributed by atoms with E-state index in [1.165, 1.54) is 0 Å². The molecule has 34 heavy (non-hydrogen) atoms. The number of benzene rings is 2. The predicted octanol–water partition coefficient (Wildman–Crippen LogP) is 3.89. The van der Waals surface area contributed by atoms with Crippen molar-refractivity contribution in [2.75, 3.05) is 31.2 Å². The Morgan fingerprint density at radius 2 is 1.82 bits per heavy atom. The Bertz CT molecular complexity index is 1430. The number of aromatic nitrogens is 2. The first-order valence-corrected chi connectivity index (χ1v) is 11.5. The Hall–Kier alpha value is -3.71. The number of carbonyl (C=O) groups is 1. The third kappa shape index (κ3) is 4.03. The second kappa shape index (κ2) is 8.57. The molecule has 1 saturated heterocycles. The lowest BCUT2D eigenvalue weighted by atomic mass is 9.94. The zero-order valence-electron chi connectivity index (χ0n) is 19.6. The first-order chi connectivity index (χ1) is 16.3. The highest BCUT2D eigenvalue weighted by molar-refractivity contribution is 6.01. The monoisotopic (exact) mass is 456 g/mol. The third-order valence-corrected chi connectivity index (χ3v) is 6.53. The number of para-hydroxylation sites is 1. The van der Waals surface area contributed by atoms with Crippen LogP contribution in [0.4, 0.5) is 5.82 Å². The summed E-state index contributed by atoms with van der Waals surface area (Å²) in [4.78, 5) is 36.4. The number of anilines is 1. The molecule has 1 aliphatic rings. The van der Waals surface area contributed by atoms with Crippen molar-refractivity contribution in [3.8, 4) is 0 Å². The minimum atomic E-state index is -0.633. The lowest BCUT2D eigenvalue weighted by Gasteiger charge is -2.30. The fourth-order valence-corrected chi connectivity index (χ4v) is 4.48. The summed E-state index contributed by atoms with van der Waals surface area (Å²) in [5.74, 6) is 0.714. The summed E-state index contributed by atoms with van der Waals surface area (Å²) in [5.41, 5.74) is 2.93. The number of pyridine rings is 2. The van der Waals surface area contributed by atoms with E-state index in [0.717, 1.165) is 35.6 Å². The molecule has 2 aromatic carbocycles. The SMILES string of the molecule is Cc1cc2c(=O)c3ccccc3[nH]c2cc1C(=O)NC(C)(C)c1ccc(N2CCOCC2)nc1. The maximum Gasteiger partial charge on any atom is 0.252 e. The van der Waals surface area contributed by atoms with Gasteiger partial charge >= 0.3 is 0 Å². The zero-order chi connectivity index (χ0) is 23.9. The third-order valence-electron chi connectivity index (χ3n) is 6.53. The number of rotatable bonds is 4. The highest BCUT2D eigenvalue weighted by Crippen LogP contribution is 2.24. The van der Waals surface area contributed by atoms with Crippen LogP contribution in [0.2, 0.25) is 0 Å². The topological polar surface area (TPSA) is 87.3 Å². The lowest BCUT2D eigenvalue weighted by molar-refractivity contribution is 0.0911. The van der Waals surface area contributed by atoms with Crippen molar-refractivity contribution in [3.63, 3.8) is 0 Å². The molecule has 0 atom stereocenters. The number of fused-ring (bicyclic) bond motifs is 2. The number of aryl methyl sites for hydroxylation is 1. The van der Waals surface area contributed by atoms with Crippen molar-refractivity contribution in [1.82, 2.24) is 15.3 Å². The molecule has 0 unspecified atom stereocenters. The largest absolute Gasteiger partial charge is 0.378 e. The number of morpholine rings is 1. The van der Waals surface area contributed by atoms with Gasteiger partial charge in [0.1, 0.15) is 5.82 Å². The summed E-state index contributed by atoms with van der Waals surface area (Å²) in [6, 6.07) is 15.0. The number of nitrogens with one attached hydrogen (secondary N) is 2. The van der Waals surface area contributed by atoms with Crippen molar-refractivity contribution in [2.45, 2.75) is 26.3 Å². The number of hydrogen-bond donors (Lipinski definition) is 2. The Labute approximate surface area is 197 Å². The van der Waals surface area contributed by atoms with Crippen molar-refractivity contribution >= 4 is 33.5 Å². The van der Waals surface area contributed by atoms with E-state index in [9.17, 15) is 9.59 Å². The lowest BCUT2D eigenvalue weighted by Crippen LogP contribution is -2.41. The molecule has 5 rings (SSSR count). The van der Waals surface area contributed by atoms with Gasteiger partial charge < -0.3 is 19.9 Å². The van der Waals surface area contributed by atoms with E-state index in [4.69, 9.17) is 4.74 Å². The van der Waals surface area contributed by atoms with Crippen molar-refractivity contribution in [2.24, 2.45) is 0 Å². The molecule has 0 aliphatic carbocycles. The van der Waals surface area contributed by atoms with E-state index < -0.39 is 5.54 Å². The summed E-state index contributed by atoms with van der Waals surface area (Å²) in [5, 5.41) is 4.36. The number of amides is 1. The second-order valence-corrected chi connectivity index (χ2v) is 9.30. The van der Waals surface area contributed by atoms with E-state index in [2.05, 4.69) is 20.2 Å². The van der Waals surface area contributed by atoms with Crippen LogP contribution in [-0.4, -0.2) is 42.2 Å². The molecular weight excluding hydrogens is 428 g/mol. The molecule has 0 bridgehead atoms. The molecule has 174 valence electrons. The highest BCUT2D eigenvalue weighted by atomic mass is 16.5. The maximum absolute atomic E-state index is 13.3. The van der Waals surface area contributed by atoms with E-state index in [0.29, 0.717) is 35.1 Å². The van der Waals surface area contributed by atoms with Crippen molar-refractivity contribution in [3.05, 3.63) is 81.6 Å². The molecule has 1 aliphatic heterocycles. The minimum absolute atomic E-state index is 0.0360. The van der Waals surface area contributed by atoms with Gasteiger partial charge in [0.05, 0.1) is 24.3 Å². The normalized spacial score (nSPS) is 14.5. The van der Waals surface area contributed by atoms with Crippen LogP contribution in [0.5, 0.6) is 0 Å². The number of ether oxygens (including phenoxy) is 1. The number of aromatic amines is 1. The quantitative estimate of drug-likeness (QED) is 0.455. The Kier molecular flexibility index (Phi) is 5.57. The van der Waals surface area contributed by atoms with Crippen molar-refractivity contribution in [1.29, 1.82) is 0 Å². The molecule has 1 fully saturated rings. The summed E-state index contributed by atoms with van der Waals surface area (Å²) >= 11 is 0. The van der Waals surface area contributed by atoms with Crippen LogP contribution < -0.4 is 15.6 Å². The molecular formula is C27H28N4O3. The van der Waals surface area contributed by atoms with E-state index in [1.54, 1.807) is 12.1 Å². The molecule has 7 nitrogen and oxygen atoms in total. The summed E-state index contributed by atoms with van der Waals surface area (Å²) in [6.45, 7) is 8.84. The molecule has 2 aromatic heterocycles. The Morgan fingerprint density at radius 3 is 2.56 bits per heavy atom. The number of hydrogen-bond acceptors (Lipinski definition) is 5. The molecule has 0 saturated carbocycles. The maximum atomic E-state index is 13.3. The number of carbonyl (C=O) groups excluding carboxylic acids is 1. The molecule has 4 aromatic rings. The summed E-state index contributed by atoms with van der Waals surface area (Å²) in [6.07, 6.45) is 1.82. The van der Waals surface area contributed by atoms with Gasteiger partial charge in [-0.2, -0.15) is 0 Å². The standard InChI is InChI=1S/C27H28N4O3/c1-17-14-21-23(29-22-7-5-4-6-19(22)25(21)32)15-20(17)26(33)30-27(2,3)18-8-9-24(28-16-18)31-10-12-34-13-11-31/h4-9,14-16H,10-13H2,1-3H3,(H,29,32)(H,30,33). The van der Waals surface area contributed by atoms with Crippen molar-refractivity contribution < 1.29 is 9.53 Å². The first kappa shape index (κ1) is 22.1. The van der Waals surface area contributed by atoms with Gasteiger partial charge in [0.15, 0.2) is 5.43 Å². The van der Waals surface area contributed by atoms with Gasteiger partial charge in [0.2, 0.25) is 0 Å². The summed E-state index contributed by atoms with van der Waals surface area (Å²) in [7, 11) is 0. The van der Waals surface area contributed by atoms with Crippen LogP contribution in [0, 0.1) is 6.92 Å². The highest BCUT2D eigenvalue weighted by Gasteiger charge is 2.25. The molecule has 2 N–H and O–H groups in total. The van der Waals surface area contributed by atoms with Gasteiger partial charge in [-0.25, -0.2) is 4.98 Å². The van der Waals surface area contributed by atoms with Gasteiger partial charge in [-0.05, 0) is 62.2 Å². The van der Waals surface area contributed by atoms with Crippen LogP contribution >= 0.6 is 0 Å². The van der Waals surface area contributed by atoms with E-state index in [-0.39, 0.29) is 11.3 Å². The predicted molar refractivity (Wildman–Crippen MR) is 135 cm³/mol. The Balaban J connectivity index is 1.42. The van der Waals surface area contributed by atoms with Gasteiger partial charge in [0.25, 0.3) is 5.91 Å². The minimum Gasteiger partial charge on any atom is -0.378 e. The van der Waals surface area contributed by atoms with Crippen LogP contribution in [0.15, 0.2) is 59.5 Å². The van der Waals surface area contributed by atoms with Crippen LogP contribution in [0.3, 0.4) is 0 Å². The van der Waals surface area contributed by atoms with Crippen LogP contribution in [0.25, 0.3) is 21.8 Å². The number of H-pyrrole nitrogens is 1. The van der Waals surface area contributed by atoms with Crippen LogP contribution in [-0.2, 0) is 10.3 Å². The molecule has 1 amide bonds. The van der Waals surface area contributed by atoms with E-state index >= 15 is 0 Å². The molecule has 0 spiro atoms. The number of nitrogens with zero attached hydrogens (tertiary/aromatic N) is 2. The smallest absolute Gasteiger partial charge is 0.252 e. The van der Waals surface area contributed by atoms with E-state index in [1.807, 2.05) is 63.4 Å². The van der Waals surface area contributed by atoms with Gasteiger partial charge in [-0.3, -0.25) is 9.59 Å². The van der Waals surface area contributed by atoms with Gasteiger partial charge in [0, 0.05) is 41.1 Å². The Morgan fingerprint density at radius 1 is 1.06 bits per heavy atom. The molecule has 0 radical (unpaired) electrons. The fraction of sp³-hybridized carbons (Fsp3) is 0.296. The zero-order valence-corrected chi connectivity index (χ0v) is 19.6. The van der Waals surface area contributed by atoms with Crippen LogP contribution in [0.1, 0.15) is 35.3 Å². The van der Waals surface area contributed by atoms with Gasteiger partial charge in [-0.15, -0.1) is 0 Å².